The topological polar surface area (TPSA) is 50.8 Å². The van der Waals surface area contributed by atoms with Gasteiger partial charge in [0, 0.05) is 18.7 Å². The van der Waals surface area contributed by atoms with Crippen LogP contribution in [0, 0.1) is 5.92 Å². The number of amides is 1. The summed E-state index contributed by atoms with van der Waals surface area (Å²) in [5, 5.41) is 3.12. The molecular weight excluding hydrogens is 364 g/mol. The normalized spacial score (nSPS) is 23.1. The highest BCUT2D eigenvalue weighted by Crippen LogP contribution is 2.29. The summed E-state index contributed by atoms with van der Waals surface area (Å²) in [5.74, 6) is 2.21. The molecule has 0 radical (unpaired) electrons. The van der Waals surface area contributed by atoms with Gasteiger partial charge < -0.3 is 14.8 Å². The predicted octanol–water partition coefficient (Wildman–Crippen LogP) is 4.27. The first-order chi connectivity index (χ1) is 14.1. The molecule has 2 aliphatic rings. The van der Waals surface area contributed by atoms with E-state index in [0.29, 0.717) is 18.4 Å². The SMILES string of the molecule is COc1cc(C=CC(=O)N[C@H]2CC[C@H](C)CC2)ccc1OCCN1CCCCC1. The van der Waals surface area contributed by atoms with Crippen molar-refractivity contribution in [2.75, 3.05) is 33.4 Å². The summed E-state index contributed by atoms with van der Waals surface area (Å²) >= 11 is 0. The van der Waals surface area contributed by atoms with Crippen molar-refractivity contribution in [2.45, 2.75) is 57.9 Å². The van der Waals surface area contributed by atoms with E-state index >= 15 is 0 Å². The third kappa shape index (κ3) is 7.07. The fourth-order valence-corrected chi connectivity index (χ4v) is 4.20. The minimum Gasteiger partial charge on any atom is -0.493 e. The minimum atomic E-state index is -0.0228. The first-order valence-corrected chi connectivity index (χ1v) is 11.2. The highest BCUT2D eigenvalue weighted by molar-refractivity contribution is 5.92. The van der Waals surface area contributed by atoms with Crippen molar-refractivity contribution >= 4 is 12.0 Å². The summed E-state index contributed by atoms with van der Waals surface area (Å²) in [4.78, 5) is 14.7. The number of hydrogen-bond donors (Lipinski definition) is 1. The number of piperidine rings is 1. The smallest absolute Gasteiger partial charge is 0.244 e. The zero-order valence-electron chi connectivity index (χ0n) is 18.0. The highest BCUT2D eigenvalue weighted by Gasteiger charge is 2.18. The summed E-state index contributed by atoms with van der Waals surface area (Å²) in [6.45, 7) is 6.24. The summed E-state index contributed by atoms with van der Waals surface area (Å²) in [7, 11) is 1.65. The lowest BCUT2D eigenvalue weighted by atomic mass is 9.87. The molecule has 1 N–H and O–H groups in total. The lowest BCUT2D eigenvalue weighted by Gasteiger charge is -2.26. The molecule has 0 aromatic heterocycles. The summed E-state index contributed by atoms with van der Waals surface area (Å²) < 4.78 is 11.4. The molecule has 0 atom stereocenters. The van der Waals surface area contributed by atoms with Crippen LogP contribution in [0.15, 0.2) is 24.3 Å². The number of ether oxygens (including phenoxy) is 2. The fraction of sp³-hybridized carbons (Fsp3) is 0.625. The molecule has 1 saturated carbocycles. The molecule has 3 rings (SSSR count). The van der Waals surface area contributed by atoms with Gasteiger partial charge in [-0.3, -0.25) is 9.69 Å². The Morgan fingerprint density at radius 2 is 1.90 bits per heavy atom. The van der Waals surface area contributed by atoms with Gasteiger partial charge in [-0.2, -0.15) is 0 Å². The van der Waals surface area contributed by atoms with Gasteiger partial charge in [0.2, 0.25) is 5.91 Å². The van der Waals surface area contributed by atoms with Crippen LogP contribution < -0.4 is 14.8 Å². The average Bonchev–Trinajstić information content (AvgIpc) is 2.75. The van der Waals surface area contributed by atoms with Crippen molar-refractivity contribution in [3.63, 3.8) is 0 Å². The van der Waals surface area contributed by atoms with Crippen LogP contribution in [0.5, 0.6) is 11.5 Å². The third-order valence-corrected chi connectivity index (χ3v) is 6.09. The van der Waals surface area contributed by atoms with Crippen LogP contribution in [0.3, 0.4) is 0 Å². The van der Waals surface area contributed by atoms with E-state index in [1.54, 1.807) is 13.2 Å². The molecule has 5 heteroatoms. The third-order valence-electron chi connectivity index (χ3n) is 6.09. The average molecular weight is 401 g/mol. The van der Waals surface area contributed by atoms with E-state index in [9.17, 15) is 4.79 Å². The van der Waals surface area contributed by atoms with Gasteiger partial charge in [0.1, 0.15) is 6.61 Å². The fourth-order valence-electron chi connectivity index (χ4n) is 4.20. The molecule has 1 aliphatic heterocycles. The maximum Gasteiger partial charge on any atom is 0.244 e. The molecule has 1 aromatic carbocycles. The molecule has 1 aliphatic carbocycles. The van der Waals surface area contributed by atoms with Crippen molar-refractivity contribution < 1.29 is 14.3 Å². The number of hydrogen-bond acceptors (Lipinski definition) is 4. The quantitative estimate of drug-likeness (QED) is 0.662. The van der Waals surface area contributed by atoms with Gasteiger partial charge in [0.25, 0.3) is 0 Å². The van der Waals surface area contributed by atoms with Gasteiger partial charge in [-0.25, -0.2) is 0 Å². The number of carbonyl (C=O) groups is 1. The maximum atomic E-state index is 12.2. The van der Waals surface area contributed by atoms with Crippen LogP contribution in [-0.2, 0) is 4.79 Å². The van der Waals surface area contributed by atoms with Crippen LogP contribution in [0.1, 0.15) is 57.4 Å². The Bertz CT molecular complexity index is 675. The molecule has 2 fully saturated rings. The second-order valence-corrected chi connectivity index (χ2v) is 8.46. The molecular formula is C24H36N2O3. The van der Waals surface area contributed by atoms with Crippen LogP contribution in [0.2, 0.25) is 0 Å². The molecule has 1 heterocycles. The van der Waals surface area contributed by atoms with E-state index in [2.05, 4.69) is 17.1 Å². The van der Waals surface area contributed by atoms with Crippen molar-refractivity contribution in [1.29, 1.82) is 0 Å². The van der Waals surface area contributed by atoms with Crippen LogP contribution in [-0.4, -0.2) is 50.2 Å². The first-order valence-electron chi connectivity index (χ1n) is 11.2. The maximum absolute atomic E-state index is 12.2. The Morgan fingerprint density at radius 3 is 2.62 bits per heavy atom. The van der Waals surface area contributed by atoms with Gasteiger partial charge in [-0.05, 0) is 81.3 Å². The van der Waals surface area contributed by atoms with E-state index in [0.717, 1.165) is 36.6 Å². The van der Waals surface area contributed by atoms with E-state index in [1.165, 1.54) is 45.2 Å². The summed E-state index contributed by atoms with van der Waals surface area (Å²) in [6.07, 6.45) is 11.9. The number of nitrogens with zero attached hydrogens (tertiary/aromatic N) is 1. The lowest BCUT2D eigenvalue weighted by molar-refractivity contribution is -0.117. The number of likely N-dealkylation sites (tertiary alicyclic amines) is 1. The Morgan fingerprint density at radius 1 is 1.14 bits per heavy atom. The molecule has 0 spiro atoms. The number of carbonyl (C=O) groups excluding carboxylic acids is 1. The van der Waals surface area contributed by atoms with Gasteiger partial charge in [0.05, 0.1) is 7.11 Å². The Kier molecular flexibility index (Phi) is 8.41. The largest absolute Gasteiger partial charge is 0.493 e. The standard InChI is InChI=1S/C24H36N2O3/c1-19-6-10-21(11-7-19)25-24(27)13-9-20-8-12-22(23(18-20)28-2)29-17-16-26-14-4-3-5-15-26/h8-9,12-13,18-19,21H,3-7,10-11,14-17H2,1-2H3,(H,25,27)/t19-,21-. The molecule has 0 bridgehead atoms. The highest BCUT2D eigenvalue weighted by atomic mass is 16.5. The van der Waals surface area contributed by atoms with E-state index in [4.69, 9.17) is 9.47 Å². The number of rotatable bonds is 8. The molecule has 1 saturated heterocycles. The molecule has 0 unspecified atom stereocenters. The zero-order chi connectivity index (χ0) is 20.5. The predicted molar refractivity (Wildman–Crippen MR) is 117 cm³/mol. The summed E-state index contributed by atoms with van der Waals surface area (Å²) in [6, 6.07) is 6.12. The van der Waals surface area contributed by atoms with Crippen LogP contribution in [0.25, 0.3) is 6.08 Å². The minimum absolute atomic E-state index is 0.0228. The first kappa shape index (κ1) is 21.7. The van der Waals surface area contributed by atoms with Gasteiger partial charge in [-0.15, -0.1) is 0 Å². The molecule has 29 heavy (non-hydrogen) atoms. The number of nitrogens with one attached hydrogen (secondary N) is 1. The summed E-state index contributed by atoms with van der Waals surface area (Å²) in [5.41, 5.74) is 0.928. The van der Waals surface area contributed by atoms with Crippen molar-refractivity contribution in [2.24, 2.45) is 5.92 Å². The molecule has 1 aromatic rings. The second kappa shape index (κ2) is 11.2. The van der Waals surface area contributed by atoms with E-state index < -0.39 is 0 Å². The number of benzene rings is 1. The zero-order valence-corrected chi connectivity index (χ0v) is 18.0. The lowest BCUT2D eigenvalue weighted by Crippen LogP contribution is -2.36. The Balaban J connectivity index is 1.48. The van der Waals surface area contributed by atoms with Crippen molar-refractivity contribution in [3.05, 3.63) is 29.8 Å². The molecule has 5 nitrogen and oxygen atoms in total. The van der Waals surface area contributed by atoms with Crippen LogP contribution in [0.4, 0.5) is 0 Å². The van der Waals surface area contributed by atoms with Crippen molar-refractivity contribution in [3.8, 4) is 11.5 Å². The molecule has 1 amide bonds. The Hall–Kier alpha value is -2.01. The van der Waals surface area contributed by atoms with Crippen LogP contribution >= 0.6 is 0 Å². The van der Waals surface area contributed by atoms with Gasteiger partial charge >= 0.3 is 0 Å². The van der Waals surface area contributed by atoms with Crippen molar-refractivity contribution in [1.82, 2.24) is 10.2 Å². The van der Waals surface area contributed by atoms with Gasteiger partial charge in [-0.1, -0.05) is 19.4 Å². The van der Waals surface area contributed by atoms with Gasteiger partial charge in [0.15, 0.2) is 11.5 Å². The second-order valence-electron chi connectivity index (χ2n) is 8.46. The van der Waals surface area contributed by atoms with E-state index in [1.807, 2.05) is 24.3 Å². The number of methoxy groups -OCH3 is 1. The monoisotopic (exact) mass is 400 g/mol. The Labute approximate surface area is 175 Å². The molecule has 160 valence electrons. The van der Waals surface area contributed by atoms with E-state index in [-0.39, 0.29) is 5.91 Å².